The van der Waals surface area contributed by atoms with Crippen LogP contribution in [0.15, 0.2) is 12.1 Å². The molecular formula is C16H16F3N3O2S. The lowest BCUT2D eigenvalue weighted by molar-refractivity contribution is -0.140. The summed E-state index contributed by atoms with van der Waals surface area (Å²) in [5.74, 6) is -0.696. The standard InChI is InChI=1S/C16H16F3N3O2S/c1-8-9-5-6-11(16(17,18)19)22-15(9)25-12(8)14(24)21-10-4-2-3-7-20-13(10)23/h5-6,10H,2-4,7H2,1H3,(H,20,23)(H,21,24)/t10-/m1/s1. The minimum Gasteiger partial charge on any atom is -0.354 e. The number of thiophene rings is 1. The monoisotopic (exact) mass is 371 g/mol. The Hall–Kier alpha value is -2.16. The Morgan fingerprint density at radius 2 is 2.12 bits per heavy atom. The fraction of sp³-hybridized carbons (Fsp3) is 0.438. The number of nitrogens with zero attached hydrogens (tertiary/aromatic N) is 1. The number of hydrogen-bond donors (Lipinski definition) is 2. The molecule has 1 aliphatic heterocycles. The fourth-order valence-corrected chi connectivity index (χ4v) is 3.86. The highest BCUT2D eigenvalue weighted by Gasteiger charge is 2.33. The Kier molecular flexibility index (Phi) is 4.68. The Balaban J connectivity index is 1.88. The molecule has 1 saturated heterocycles. The summed E-state index contributed by atoms with van der Waals surface area (Å²) >= 11 is 0.902. The zero-order chi connectivity index (χ0) is 18.2. The molecule has 0 aromatic carbocycles. The third kappa shape index (κ3) is 3.60. The lowest BCUT2D eigenvalue weighted by Crippen LogP contribution is -2.45. The second-order valence-electron chi connectivity index (χ2n) is 5.92. The number of rotatable bonds is 2. The lowest BCUT2D eigenvalue weighted by atomic mass is 10.1. The maximum atomic E-state index is 12.8. The van der Waals surface area contributed by atoms with Gasteiger partial charge in [-0.3, -0.25) is 9.59 Å². The Bertz CT molecular complexity index is 832. The number of nitrogens with one attached hydrogen (secondary N) is 2. The predicted molar refractivity (Wildman–Crippen MR) is 87.5 cm³/mol. The molecule has 1 atom stereocenters. The number of fused-ring (bicyclic) bond motifs is 1. The first-order chi connectivity index (χ1) is 11.8. The van der Waals surface area contributed by atoms with Crippen LogP contribution < -0.4 is 10.6 Å². The Morgan fingerprint density at radius 1 is 1.36 bits per heavy atom. The number of halogens is 3. The molecule has 1 aliphatic rings. The van der Waals surface area contributed by atoms with E-state index in [1.165, 1.54) is 6.07 Å². The van der Waals surface area contributed by atoms with Crippen LogP contribution in [0.2, 0.25) is 0 Å². The maximum Gasteiger partial charge on any atom is 0.433 e. The predicted octanol–water partition coefficient (Wildman–Crippen LogP) is 3.02. The number of aryl methyl sites for hydroxylation is 1. The van der Waals surface area contributed by atoms with E-state index in [1.54, 1.807) is 6.92 Å². The van der Waals surface area contributed by atoms with Crippen LogP contribution >= 0.6 is 11.3 Å². The van der Waals surface area contributed by atoms with Crippen LogP contribution in [0, 0.1) is 6.92 Å². The van der Waals surface area contributed by atoms with Gasteiger partial charge in [0, 0.05) is 11.9 Å². The van der Waals surface area contributed by atoms with Gasteiger partial charge < -0.3 is 10.6 Å². The van der Waals surface area contributed by atoms with Gasteiger partial charge in [0.05, 0.1) is 4.88 Å². The van der Waals surface area contributed by atoms with Crippen LogP contribution in [0.1, 0.15) is 40.2 Å². The Morgan fingerprint density at radius 3 is 2.84 bits per heavy atom. The molecule has 1 fully saturated rings. The molecule has 5 nitrogen and oxygen atoms in total. The van der Waals surface area contributed by atoms with Crippen molar-refractivity contribution in [3.05, 3.63) is 28.3 Å². The number of alkyl halides is 3. The van der Waals surface area contributed by atoms with E-state index in [0.29, 0.717) is 23.9 Å². The van der Waals surface area contributed by atoms with Crippen molar-refractivity contribution < 1.29 is 22.8 Å². The van der Waals surface area contributed by atoms with E-state index in [4.69, 9.17) is 0 Å². The second kappa shape index (κ2) is 6.62. The van der Waals surface area contributed by atoms with Crippen molar-refractivity contribution in [2.75, 3.05) is 6.54 Å². The third-order valence-corrected chi connectivity index (χ3v) is 5.34. The van der Waals surface area contributed by atoms with Gasteiger partial charge in [0.15, 0.2) is 0 Å². The van der Waals surface area contributed by atoms with Crippen molar-refractivity contribution >= 4 is 33.4 Å². The Labute approximate surface area is 145 Å². The van der Waals surface area contributed by atoms with Crippen molar-refractivity contribution in [2.24, 2.45) is 0 Å². The molecule has 2 amide bonds. The summed E-state index contributed by atoms with van der Waals surface area (Å²) in [6.07, 6.45) is -2.33. The molecule has 9 heteroatoms. The maximum absolute atomic E-state index is 12.8. The van der Waals surface area contributed by atoms with Crippen LogP contribution in [0.5, 0.6) is 0 Å². The average molecular weight is 371 g/mol. The number of carbonyl (C=O) groups is 2. The van der Waals surface area contributed by atoms with Crippen LogP contribution in [-0.4, -0.2) is 29.4 Å². The third-order valence-electron chi connectivity index (χ3n) is 4.14. The highest BCUT2D eigenvalue weighted by atomic mass is 32.1. The van der Waals surface area contributed by atoms with Gasteiger partial charge in [0.2, 0.25) is 5.91 Å². The highest BCUT2D eigenvalue weighted by Crippen LogP contribution is 2.34. The molecule has 134 valence electrons. The number of pyridine rings is 1. The minimum absolute atomic E-state index is 0.155. The normalized spacial score (nSPS) is 18.7. The lowest BCUT2D eigenvalue weighted by Gasteiger charge is -2.14. The molecular weight excluding hydrogens is 355 g/mol. The molecule has 0 bridgehead atoms. The van der Waals surface area contributed by atoms with Gasteiger partial charge in [-0.2, -0.15) is 13.2 Å². The fourth-order valence-electron chi connectivity index (χ4n) is 2.77. The molecule has 2 N–H and O–H groups in total. The first-order valence-corrected chi connectivity index (χ1v) is 8.65. The topological polar surface area (TPSA) is 71.1 Å². The quantitative estimate of drug-likeness (QED) is 0.853. The van der Waals surface area contributed by atoms with Crippen molar-refractivity contribution in [3.8, 4) is 0 Å². The summed E-state index contributed by atoms with van der Waals surface area (Å²) in [4.78, 5) is 28.5. The molecule has 2 aromatic rings. The van der Waals surface area contributed by atoms with Crippen molar-refractivity contribution in [1.82, 2.24) is 15.6 Å². The summed E-state index contributed by atoms with van der Waals surface area (Å²) in [7, 11) is 0. The van der Waals surface area contributed by atoms with E-state index in [2.05, 4.69) is 15.6 Å². The van der Waals surface area contributed by atoms with Gasteiger partial charge in [-0.1, -0.05) is 0 Å². The summed E-state index contributed by atoms with van der Waals surface area (Å²) < 4.78 is 38.4. The first kappa shape index (κ1) is 17.7. The summed E-state index contributed by atoms with van der Waals surface area (Å²) in [6, 6.07) is 1.60. The van der Waals surface area contributed by atoms with Gasteiger partial charge >= 0.3 is 6.18 Å². The summed E-state index contributed by atoms with van der Waals surface area (Å²) in [6.45, 7) is 2.24. The molecule has 3 rings (SSSR count). The molecule has 2 aromatic heterocycles. The van der Waals surface area contributed by atoms with E-state index in [-0.39, 0.29) is 15.6 Å². The SMILES string of the molecule is Cc1c(C(=O)N[C@@H]2CCCCNC2=O)sc2nc(C(F)(F)F)ccc12. The summed E-state index contributed by atoms with van der Waals surface area (Å²) in [5, 5.41) is 5.92. The number of aromatic nitrogens is 1. The van der Waals surface area contributed by atoms with Gasteiger partial charge in [0.1, 0.15) is 16.6 Å². The van der Waals surface area contributed by atoms with Crippen molar-refractivity contribution in [3.63, 3.8) is 0 Å². The van der Waals surface area contributed by atoms with Crippen LogP contribution in [0.3, 0.4) is 0 Å². The van der Waals surface area contributed by atoms with E-state index < -0.39 is 23.8 Å². The highest BCUT2D eigenvalue weighted by molar-refractivity contribution is 7.20. The molecule has 25 heavy (non-hydrogen) atoms. The van der Waals surface area contributed by atoms with Crippen LogP contribution in [0.4, 0.5) is 13.2 Å². The number of hydrogen-bond acceptors (Lipinski definition) is 4. The van der Waals surface area contributed by atoms with Gasteiger partial charge in [-0.25, -0.2) is 4.98 Å². The zero-order valence-electron chi connectivity index (χ0n) is 13.4. The van der Waals surface area contributed by atoms with Crippen molar-refractivity contribution in [2.45, 2.75) is 38.4 Å². The van der Waals surface area contributed by atoms with Gasteiger partial charge in [-0.05, 0) is 43.9 Å². The van der Waals surface area contributed by atoms with E-state index in [9.17, 15) is 22.8 Å². The molecule has 0 unspecified atom stereocenters. The molecule has 0 spiro atoms. The molecule has 0 saturated carbocycles. The number of amides is 2. The minimum atomic E-state index is -4.53. The largest absolute Gasteiger partial charge is 0.433 e. The van der Waals surface area contributed by atoms with E-state index >= 15 is 0 Å². The van der Waals surface area contributed by atoms with Crippen molar-refractivity contribution in [1.29, 1.82) is 0 Å². The van der Waals surface area contributed by atoms with Crippen LogP contribution in [0.25, 0.3) is 10.2 Å². The summed E-state index contributed by atoms with van der Waals surface area (Å²) in [5.41, 5.74) is -0.427. The molecule has 3 heterocycles. The zero-order valence-corrected chi connectivity index (χ0v) is 14.2. The van der Waals surface area contributed by atoms with Gasteiger partial charge in [0.25, 0.3) is 5.91 Å². The van der Waals surface area contributed by atoms with Gasteiger partial charge in [-0.15, -0.1) is 11.3 Å². The average Bonchev–Trinajstić information content (AvgIpc) is 2.75. The van der Waals surface area contributed by atoms with E-state index in [1.807, 2.05) is 0 Å². The molecule has 0 aliphatic carbocycles. The molecule has 0 radical (unpaired) electrons. The second-order valence-corrected chi connectivity index (χ2v) is 6.92. The smallest absolute Gasteiger partial charge is 0.354 e. The first-order valence-electron chi connectivity index (χ1n) is 7.83. The van der Waals surface area contributed by atoms with E-state index in [0.717, 1.165) is 30.2 Å². The van der Waals surface area contributed by atoms with Crippen LogP contribution in [-0.2, 0) is 11.0 Å². The number of carbonyl (C=O) groups excluding carboxylic acids is 2.